The van der Waals surface area contributed by atoms with E-state index in [-0.39, 0.29) is 0 Å². The Balaban J connectivity index is 2.72. The van der Waals surface area contributed by atoms with Crippen LogP contribution in [0.25, 0.3) is 0 Å². The van der Waals surface area contributed by atoms with Crippen molar-refractivity contribution in [2.45, 2.75) is 13.5 Å². The summed E-state index contributed by atoms with van der Waals surface area (Å²) in [6.07, 6.45) is 3.63. The molecule has 0 fully saturated rings. The number of nitrogens with one attached hydrogen (secondary N) is 1. The van der Waals surface area contributed by atoms with Crippen molar-refractivity contribution in [1.29, 1.82) is 5.26 Å². The van der Waals surface area contributed by atoms with E-state index in [2.05, 4.69) is 10.3 Å². The van der Waals surface area contributed by atoms with Crippen LogP contribution in [0.5, 0.6) is 0 Å². The molecule has 11 heavy (non-hydrogen) atoms. The average Bonchev–Trinajstić information content (AvgIpc) is 2.31. The standard InChI is InChI=1S/C7H10N4/c1-6-10-4-7(11(6)2)3-9-5-8/h4,9H,3H2,1-2H3. The number of rotatable bonds is 2. The van der Waals surface area contributed by atoms with Gasteiger partial charge in [-0.05, 0) is 6.92 Å². The van der Waals surface area contributed by atoms with E-state index in [9.17, 15) is 0 Å². The van der Waals surface area contributed by atoms with Gasteiger partial charge in [0.2, 0.25) is 0 Å². The van der Waals surface area contributed by atoms with Crippen molar-refractivity contribution in [1.82, 2.24) is 14.9 Å². The summed E-state index contributed by atoms with van der Waals surface area (Å²) in [6, 6.07) is 0. The van der Waals surface area contributed by atoms with Gasteiger partial charge in [0.25, 0.3) is 0 Å². The maximum Gasteiger partial charge on any atom is 0.176 e. The molecule has 0 bridgehead atoms. The summed E-state index contributed by atoms with van der Waals surface area (Å²) in [5, 5.41) is 10.8. The van der Waals surface area contributed by atoms with E-state index in [1.165, 1.54) is 0 Å². The predicted molar refractivity (Wildman–Crippen MR) is 40.4 cm³/mol. The smallest absolute Gasteiger partial charge is 0.176 e. The fraction of sp³-hybridized carbons (Fsp3) is 0.429. The van der Waals surface area contributed by atoms with Crippen LogP contribution in [0.3, 0.4) is 0 Å². The van der Waals surface area contributed by atoms with Crippen LogP contribution in [0.15, 0.2) is 6.20 Å². The molecule has 0 aliphatic rings. The molecule has 1 aromatic rings. The first-order valence-corrected chi connectivity index (χ1v) is 3.35. The number of nitriles is 1. The molecule has 0 spiro atoms. The molecule has 0 atom stereocenters. The lowest BCUT2D eigenvalue weighted by atomic mass is 10.4. The summed E-state index contributed by atoms with van der Waals surface area (Å²) in [5.41, 5.74) is 1.02. The highest BCUT2D eigenvalue weighted by Gasteiger charge is 1.99. The summed E-state index contributed by atoms with van der Waals surface area (Å²) in [6.45, 7) is 2.48. The van der Waals surface area contributed by atoms with Gasteiger partial charge >= 0.3 is 0 Å². The zero-order valence-corrected chi connectivity index (χ0v) is 6.63. The van der Waals surface area contributed by atoms with E-state index in [0.717, 1.165) is 11.5 Å². The van der Waals surface area contributed by atoms with Crippen LogP contribution < -0.4 is 5.32 Å². The summed E-state index contributed by atoms with van der Waals surface area (Å²) >= 11 is 0. The van der Waals surface area contributed by atoms with E-state index in [0.29, 0.717) is 6.54 Å². The van der Waals surface area contributed by atoms with Crippen LogP contribution in [0.1, 0.15) is 11.5 Å². The number of hydrogen-bond acceptors (Lipinski definition) is 3. The first kappa shape index (κ1) is 7.61. The van der Waals surface area contributed by atoms with Crippen molar-refractivity contribution >= 4 is 0 Å². The van der Waals surface area contributed by atoms with Gasteiger partial charge in [-0.2, -0.15) is 5.26 Å². The maximum absolute atomic E-state index is 8.23. The molecule has 0 aromatic carbocycles. The third-order valence-electron chi connectivity index (χ3n) is 1.67. The number of nitrogens with zero attached hydrogens (tertiary/aromatic N) is 3. The molecule has 0 aliphatic heterocycles. The molecule has 0 saturated heterocycles. The third-order valence-corrected chi connectivity index (χ3v) is 1.67. The van der Waals surface area contributed by atoms with Gasteiger partial charge in [-0.25, -0.2) is 4.98 Å². The van der Waals surface area contributed by atoms with E-state index < -0.39 is 0 Å². The Hall–Kier alpha value is -1.50. The minimum Gasteiger partial charge on any atom is -0.334 e. The molecule has 58 valence electrons. The number of imidazole rings is 1. The summed E-state index contributed by atoms with van der Waals surface area (Å²) in [5.74, 6) is 0.958. The molecule has 1 rings (SSSR count). The summed E-state index contributed by atoms with van der Waals surface area (Å²) in [4.78, 5) is 4.08. The molecule has 0 radical (unpaired) electrons. The lowest BCUT2D eigenvalue weighted by molar-refractivity contribution is 0.747. The number of aryl methyl sites for hydroxylation is 1. The lowest BCUT2D eigenvalue weighted by Gasteiger charge is -2.00. The highest BCUT2D eigenvalue weighted by atomic mass is 15.1. The predicted octanol–water partition coefficient (Wildman–Crippen LogP) is 0.299. The largest absolute Gasteiger partial charge is 0.334 e. The van der Waals surface area contributed by atoms with Crippen LogP contribution in [-0.4, -0.2) is 9.55 Å². The second-order valence-electron chi connectivity index (χ2n) is 2.32. The highest BCUT2D eigenvalue weighted by molar-refractivity contribution is 5.03. The zero-order chi connectivity index (χ0) is 8.27. The fourth-order valence-electron chi connectivity index (χ4n) is 0.843. The zero-order valence-electron chi connectivity index (χ0n) is 6.63. The SMILES string of the molecule is Cc1ncc(CNC#N)n1C. The van der Waals surface area contributed by atoms with Crippen molar-refractivity contribution in [3.8, 4) is 6.19 Å². The van der Waals surface area contributed by atoms with Crippen molar-refractivity contribution in [2.24, 2.45) is 7.05 Å². The molecule has 1 N–H and O–H groups in total. The fourth-order valence-corrected chi connectivity index (χ4v) is 0.843. The Morgan fingerprint density at radius 2 is 2.55 bits per heavy atom. The van der Waals surface area contributed by atoms with Gasteiger partial charge in [0.15, 0.2) is 6.19 Å². The lowest BCUT2D eigenvalue weighted by Crippen LogP contribution is -2.08. The van der Waals surface area contributed by atoms with Crippen molar-refractivity contribution < 1.29 is 0 Å². The molecular weight excluding hydrogens is 140 g/mol. The van der Waals surface area contributed by atoms with E-state index in [1.54, 1.807) is 6.20 Å². The van der Waals surface area contributed by atoms with Crippen LogP contribution >= 0.6 is 0 Å². The van der Waals surface area contributed by atoms with Gasteiger partial charge in [0, 0.05) is 7.05 Å². The van der Waals surface area contributed by atoms with E-state index >= 15 is 0 Å². The van der Waals surface area contributed by atoms with Gasteiger partial charge in [0.1, 0.15) is 5.82 Å². The molecular formula is C7H10N4. The van der Waals surface area contributed by atoms with E-state index in [4.69, 9.17) is 5.26 Å². The topological polar surface area (TPSA) is 53.6 Å². The van der Waals surface area contributed by atoms with Gasteiger partial charge < -0.3 is 9.88 Å². The first-order chi connectivity index (χ1) is 5.25. The Labute approximate surface area is 65.5 Å². The average molecular weight is 150 g/mol. The molecule has 4 nitrogen and oxygen atoms in total. The Morgan fingerprint density at radius 3 is 3.00 bits per heavy atom. The minimum atomic E-state index is 0.549. The monoisotopic (exact) mass is 150 g/mol. The summed E-state index contributed by atoms with van der Waals surface area (Å²) < 4.78 is 1.95. The minimum absolute atomic E-state index is 0.549. The van der Waals surface area contributed by atoms with Gasteiger partial charge in [-0.1, -0.05) is 0 Å². The Kier molecular flexibility index (Phi) is 2.12. The molecule has 0 unspecified atom stereocenters. The van der Waals surface area contributed by atoms with Crippen molar-refractivity contribution in [2.75, 3.05) is 0 Å². The van der Waals surface area contributed by atoms with Gasteiger partial charge in [0.05, 0.1) is 18.4 Å². The van der Waals surface area contributed by atoms with Crippen LogP contribution in [0.4, 0.5) is 0 Å². The second-order valence-corrected chi connectivity index (χ2v) is 2.32. The molecule has 1 aromatic heterocycles. The van der Waals surface area contributed by atoms with Crippen LogP contribution in [0, 0.1) is 18.4 Å². The number of hydrogen-bond donors (Lipinski definition) is 1. The van der Waals surface area contributed by atoms with Crippen LogP contribution in [0.2, 0.25) is 0 Å². The number of aromatic nitrogens is 2. The normalized spacial score (nSPS) is 9.18. The molecule has 1 heterocycles. The molecule has 4 heteroatoms. The molecule has 0 aliphatic carbocycles. The van der Waals surface area contributed by atoms with Gasteiger partial charge in [-0.3, -0.25) is 0 Å². The van der Waals surface area contributed by atoms with Gasteiger partial charge in [-0.15, -0.1) is 0 Å². The van der Waals surface area contributed by atoms with Crippen molar-refractivity contribution in [3.63, 3.8) is 0 Å². The molecule has 0 saturated carbocycles. The van der Waals surface area contributed by atoms with Crippen molar-refractivity contribution in [3.05, 3.63) is 17.7 Å². The first-order valence-electron chi connectivity index (χ1n) is 3.35. The second kappa shape index (κ2) is 3.06. The van der Waals surface area contributed by atoms with Crippen LogP contribution in [-0.2, 0) is 13.6 Å². The maximum atomic E-state index is 8.23. The Morgan fingerprint density at radius 1 is 1.82 bits per heavy atom. The summed E-state index contributed by atoms with van der Waals surface area (Å²) in [7, 11) is 1.93. The molecule has 0 amide bonds. The quantitative estimate of drug-likeness (QED) is 0.487. The highest BCUT2D eigenvalue weighted by Crippen LogP contribution is 1.99. The third kappa shape index (κ3) is 1.49. The Bertz CT molecular complexity index is 281. The van der Waals surface area contributed by atoms with E-state index in [1.807, 2.05) is 24.7 Å².